The molecule has 1 N–H and O–H groups in total. The van der Waals surface area contributed by atoms with Crippen LogP contribution in [0.2, 0.25) is 0 Å². The van der Waals surface area contributed by atoms with Crippen LogP contribution in [0, 0.1) is 5.92 Å². The Morgan fingerprint density at radius 3 is 2.67 bits per heavy atom. The van der Waals surface area contributed by atoms with E-state index < -0.39 is 5.97 Å². The van der Waals surface area contributed by atoms with Crippen molar-refractivity contribution in [3.8, 4) is 0 Å². The smallest absolute Gasteiger partial charge is 0.320 e. The quantitative estimate of drug-likeness (QED) is 0.859. The van der Waals surface area contributed by atoms with Gasteiger partial charge in [0.2, 0.25) is 0 Å². The largest absolute Gasteiger partial charge is 0.481 e. The topological polar surface area (TPSA) is 70.1 Å². The lowest BCUT2D eigenvalue weighted by atomic mass is 9.92. The Hall–Kier alpha value is -1.30. The normalized spacial score (nSPS) is 29.4. The van der Waals surface area contributed by atoms with Crippen molar-refractivity contribution in [2.75, 3.05) is 26.2 Å². The summed E-state index contributed by atoms with van der Waals surface area (Å²) in [6.45, 7) is 6.52. The molecule has 2 aliphatic rings. The Morgan fingerprint density at radius 1 is 1.38 bits per heavy atom. The molecule has 6 nitrogen and oxygen atoms in total. The van der Waals surface area contributed by atoms with Gasteiger partial charge in [0, 0.05) is 32.3 Å². The highest BCUT2D eigenvalue weighted by Gasteiger charge is 2.34. The van der Waals surface area contributed by atoms with Gasteiger partial charge >= 0.3 is 12.0 Å². The zero-order valence-corrected chi connectivity index (χ0v) is 13.0. The molecule has 0 spiro atoms. The second-order valence-electron chi connectivity index (χ2n) is 6.06. The van der Waals surface area contributed by atoms with Crippen molar-refractivity contribution >= 4 is 12.0 Å². The van der Waals surface area contributed by atoms with Crippen LogP contribution in [0.25, 0.3) is 0 Å². The van der Waals surface area contributed by atoms with Gasteiger partial charge in [0.25, 0.3) is 0 Å². The SMILES string of the molecule is CCN(CC1CCCO1)C(=O)N1CCC(C(=O)O)CC1C. The highest BCUT2D eigenvalue weighted by molar-refractivity contribution is 5.76. The van der Waals surface area contributed by atoms with Gasteiger partial charge in [-0.1, -0.05) is 0 Å². The van der Waals surface area contributed by atoms with E-state index in [9.17, 15) is 9.59 Å². The summed E-state index contributed by atoms with van der Waals surface area (Å²) in [5.41, 5.74) is 0. The third kappa shape index (κ3) is 3.87. The number of hydrogen-bond acceptors (Lipinski definition) is 3. The molecular weight excluding hydrogens is 272 g/mol. The molecule has 2 aliphatic heterocycles. The Labute approximate surface area is 126 Å². The standard InChI is InChI=1S/C15H26N2O4/c1-3-16(10-13-5-4-8-21-13)15(20)17-7-6-12(14(18)19)9-11(17)2/h11-13H,3-10H2,1-2H3,(H,18,19). The number of piperidine rings is 1. The molecule has 6 heteroatoms. The van der Waals surface area contributed by atoms with Gasteiger partial charge in [-0.25, -0.2) is 4.79 Å². The Morgan fingerprint density at radius 2 is 2.14 bits per heavy atom. The number of rotatable bonds is 4. The van der Waals surface area contributed by atoms with E-state index in [1.165, 1.54) is 0 Å². The summed E-state index contributed by atoms with van der Waals surface area (Å²) in [6.07, 6.45) is 3.32. The summed E-state index contributed by atoms with van der Waals surface area (Å²) in [7, 11) is 0. The maximum absolute atomic E-state index is 12.7. The summed E-state index contributed by atoms with van der Waals surface area (Å²) in [4.78, 5) is 27.4. The van der Waals surface area contributed by atoms with E-state index >= 15 is 0 Å². The van der Waals surface area contributed by atoms with Gasteiger partial charge in [-0.05, 0) is 39.5 Å². The van der Waals surface area contributed by atoms with E-state index in [2.05, 4.69) is 0 Å². The number of aliphatic carboxylic acids is 1. The van der Waals surface area contributed by atoms with Crippen LogP contribution in [0.3, 0.4) is 0 Å². The van der Waals surface area contributed by atoms with E-state index in [1.807, 2.05) is 23.6 Å². The number of hydrogen-bond donors (Lipinski definition) is 1. The number of carboxylic acid groups (broad SMARTS) is 1. The van der Waals surface area contributed by atoms with Crippen LogP contribution in [0.5, 0.6) is 0 Å². The third-order valence-corrected chi connectivity index (χ3v) is 4.57. The van der Waals surface area contributed by atoms with Crippen LogP contribution >= 0.6 is 0 Å². The fourth-order valence-electron chi connectivity index (χ4n) is 3.24. The second kappa shape index (κ2) is 7.11. The number of amides is 2. The Balaban J connectivity index is 1.92. The molecule has 0 bridgehead atoms. The zero-order chi connectivity index (χ0) is 15.4. The first-order valence-electron chi connectivity index (χ1n) is 7.92. The van der Waals surface area contributed by atoms with Crippen molar-refractivity contribution in [1.29, 1.82) is 0 Å². The Bertz CT molecular complexity index is 382. The first kappa shape index (κ1) is 16.1. The van der Waals surface area contributed by atoms with Gasteiger partial charge in [-0.3, -0.25) is 4.79 Å². The summed E-state index contributed by atoms with van der Waals surface area (Å²) < 4.78 is 5.61. The van der Waals surface area contributed by atoms with Crippen LogP contribution in [0.15, 0.2) is 0 Å². The van der Waals surface area contributed by atoms with Crippen LogP contribution in [-0.4, -0.2) is 65.3 Å². The van der Waals surface area contributed by atoms with Crippen molar-refractivity contribution in [3.63, 3.8) is 0 Å². The molecule has 2 saturated heterocycles. The number of likely N-dealkylation sites (tertiary alicyclic amines) is 1. The molecule has 0 radical (unpaired) electrons. The predicted octanol–water partition coefficient (Wildman–Crippen LogP) is 1.79. The van der Waals surface area contributed by atoms with E-state index in [-0.39, 0.29) is 24.1 Å². The van der Waals surface area contributed by atoms with Gasteiger partial charge < -0.3 is 19.6 Å². The first-order chi connectivity index (χ1) is 10.0. The lowest BCUT2D eigenvalue weighted by Crippen LogP contribution is -2.52. The van der Waals surface area contributed by atoms with Gasteiger partial charge in [-0.15, -0.1) is 0 Å². The minimum atomic E-state index is -0.749. The molecular formula is C15H26N2O4. The van der Waals surface area contributed by atoms with Crippen molar-refractivity contribution in [3.05, 3.63) is 0 Å². The number of carbonyl (C=O) groups excluding carboxylic acids is 1. The van der Waals surface area contributed by atoms with Crippen molar-refractivity contribution in [2.45, 2.75) is 51.7 Å². The molecule has 2 heterocycles. The molecule has 0 saturated carbocycles. The van der Waals surface area contributed by atoms with Crippen molar-refractivity contribution in [1.82, 2.24) is 9.80 Å². The lowest BCUT2D eigenvalue weighted by molar-refractivity contribution is -0.143. The summed E-state index contributed by atoms with van der Waals surface area (Å²) in [5.74, 6) is -1.07. The van der Waals surface area contributed by atoms with Crippen molar-refractivity contribution in [2.24, 2.45) is 5.92 Å². The summed E-state index contributed by atoms with van der Waals surface area (Å²) >= 11 is 0. The van der Waals surface area contributed by atoms with Gasteiger partial charge in [0.05, 0.1) is 12.0 Å². The van der Waals surface area contributed by atoms with E-state index in [4.69, 9.17) is 9.84 Å². The Kier molecular flexibility index (Phi) is 5.45. The number of likely N-dealkylation sites (N-methyl/N-ethyl adjacent to an activating group) is 1. The number of urea groups is 1. The lowest BCUT2D eigenvalue weighted by Gasteiger charge is -2.39. The fraction of sp³-hybridized carbons (Fsp3) is 0.867. The summed E-state index contributed by atoms with van der Waals surface area (Å²) in [5, 5.41) is 9.10. The average Bonchev–Trinajstić information content (AvgIpc) is 2.96. The molecule has 0 aliphatic carbocycles. The molecule has 120 valence electrons. The molecule has 0 aromatic rings. The molecule has 3 unspecified atom stereocenters. The van der Waals surface area contributed by atoms with Crippen LogP contribution < -0.4 is 0 Å². The van der Waals surface area contributed by atoms with Gasteiger partial charge in [-0.2, -0.15) is 0 Å². The van der Waals surface area contributed by atoms with Crippen LogP contribution in [-0.2, 0) is 9.53 Å². The molecule has 3 atom stereocenters. The van der Waals surface area contributed by atoms with Crippen LogP contribution in [0.1, 0.15) is 39.5 Å². The minimum Gasteiger partial charge on any atom is -0.481 e. The third-order valence-electron chi connectivity index (χ3n) is 4.57. The monoisotopic (exact) mass is 298 g/mol. The number of nitrogens with zero attached hydrogens (tertiary/aromatic N) is 2. The molecule has 2 amide bonds. The van der Waals surface area contributed by atoms with Crippen molar-refractivity contribution < 1.29 is 19.4 Å². The fourth-order valence-corrected chi connectivity index (χ4v) is 3.24. The van der Waals surface area contributed by atoms with Gasteiger partial charge in [0.15, 0.2) is 0 Å². The maximum Gasteiger partial charge on any atom is 0.320 e. The van der Waals surface area contributed by atoms with E-state index in [1.54, 1.807) is 0 Å². The van der Waals surface area contributed by atoms with E-state index in [0.29, 0.717) is 32.5 Å². The molecule has 0 aromatic heterocycles. The highest BCUT2D eigenvalue weighted by Crippen LogP contribution is 2.24. The molecule has 2 fully saturated rings. The number of carboxylic acids is 1. The van der Waals surface area contributed by atoms with Gasteiger partial charge in [0.1, 0.15) is 0 Å². The molecule has 21 heavy (non-hydrogen) atoms. The molecule has 0 aromatic carbocycles. The average molecular weight is 298 g/mol. The first-order valence-corrected chi connectivity index (χ1v) is 7.92. The van der Waals surface area contributed by atoms with Crippen LogP contribution in [0.4, 0.5) is 4.79 Å². The maximum atomic E-state index is 12.7. The molecule has 2 rings (SSSR count). The zero-order valence-electron chi connectivity index (χ0n) is 13.0. The highest BCUT2D eigenvalue weighted by atomic mass is 16.5. The minimum absolute atomic E-state index is 0.0179. The second-order valence-corrected chi connectivity index (χ2v) is 6.06. The summed E-state index contributed by atoms with van der Waals surface area (Å²) in [6, 6.07) is -0.00441. The van der Waals surface area contributed by atoms with E-state index in [0.717, 1.165) is 19.4 Å². The number of carbonyl (C=O) groups is 2. The number of ether oxygens (including phenoxy) is 1. The predicted molar refractivity (Wildman–Crippen MR) is 78.1 cm³/mol.